The number of methoxy groups -OCH3 is 3. The van der Waals surface area contributed by atoms with Crippen LogP contribution in [0.4, 0.5) is 0 Å². The summed E-state index contributed by atoms with van der Waals surface area (Å²) in [5, 5.41) is 0. The molecule has 0 aromatic heterocycles. The summed E-state index contributed by atoms with van der Waals surface area (Å²) in [4.78, 5) is 0. The highest BCUT2D eigenvalue weighted by molar-refractivity contribution is 5.60. The molecule has 0 unspecified atom stereocenters. The van der Waals surface area contributed by atoms with E-state index in [0.29, 0.717) is 35.4 Å². The number of benzene rings is 2. The Morgan fingerprint density at radius 1 is 0.935 bits per heavy atom. The van der Waals surface area contributed by atoms with Gasteiger partial charge in [0.05, 0.1) is 27.9 Å². The van der Waals surface area contributed by atoms with E-state index >= 15 is 0 Å². The second kappa shape index (κ2) is 8.38. The van der Waals surface area contributed by atoms with Gasteiger partial charge in [-0.05, 0) is 30.2 Å². The molecule has 0 spiro atoms. The highest BCUT2D eigenvalue weighted by Crippen LogP contribution is 2.54. The first kappa shape index (κ1) is 21.4. The molecule has 31 heavy (non-hydrogen) atoms. The van der Waals surface area contributed by atoms with E-state index in [-0.39, 0.29) is 18.6 Å². The van der Waals surface area contributed by atoms with Crippen molar-refractivity contribution in [2.75, 3.05) is 34.7 Å². The highest BCUT2D eigenvalue weighted by Gasteiger charge is 2.47. The van der Waals surface area contributed by atoms with E-state index in [1.807, 2.05) is 31.2 Å². The fraction of sp³-hybridized carbons (Fsp3) is 0.500. The summed E-state index contributed by atoms with van der Waals surface area (Å²) in [5.74, 6) is 2.98. The Bertz CT molecular complexity index is 932. The molecule has 0 radical (unpaired) electrons. The second-order valence-electron chi connectivity index (χ2n) is 7.93. The van der Waals surface area contributed by atoms with Crippen molar-refractivity contribution in [1.29, 1.82) is 0 Å². The molecular weight excluding hydrogens is 400 g/mol. The monoisotopic (exact) mass is 430 g/mol. The minimum atomic E-state index is -0.818. The molecule has 2 aliphatic rings. The van der Waals surface area contributed by atoms with Gasteiger partial charge in [-0.25, -0.2) is 0 Å². The summed E-state index contributed by atoms with van der Waals surface area (Å²) in [6.45, 7) is 7.01. The predicted octanol–water partition coefficient (Wildman–Crippen LogP) is 4.74. The molecule has 2 aromatic rings. The Hall–Kier alpha value is -2.80. The summed E-state index contributed by atoms with van der Waals surface area (Å²) < 4.78 is 40.6. The van der Waals surface area contributed by atoms with Crippen LogP contribution in [0.25, 0.3) is 0 Å². The summed E-state index contributed by atoms with van der Waals surface area (Å²) in [6.07, 6.45) is 0.897. The van der Waals surface area contributed by atoms with Crippen molar-refractivity contribution < 1.29 is 33.2 Å². The van der Waals surface area contributed by atoms with Gasteiger partial charge in [-0.2, -0.15) is 0 Å². The van der Waals surface area contributed by atoms with Crippen molar-refractivity contribution in [3.63, 3.8) is 0 Å². The Morgan fingerprint density at radius 2 is 1.58 bits per heavy atom. The average molecular weight is 430 g/mol. The second-order valence-corrected chi connectivity index (χ2v) is 7.93. The van der Waals surface area contributed by atoms with E-state index in [0.717, 1.165) is 23.3 Å². The maximum absolute atomic E-state index is 6.42. The van der Waals surface area contributed by atoms with Crippen molar-refractivity contribution in [2.24, 2.45) is 5.92 Å². The molecule has 3 atom stereocenters. The fourth-order valence-corrected chi connectivity index (χ4v) is 4.37. The number of ether oxygens (including phenoxy) is 7. The van der Waals surface area contributed by atoms with E-state index in [1.165, 1.54) is 0 Å². The maximum Gasteiger partial charge on any atom is 0.231 e. The molecule has 0 saturated heterocycles. The Balaban J connectivity index is 1.89. The van der Waals surface area contributed by atoms with Gasteiger partial charge >= 0.3 is 0 Å². The largest absolute Gasteiger partial charge is 0.493 e. The summed E-state index contributed by atoms with van der Waals surface area (Å²) >= 11 is 0. The van der Waals surface area contributed by atoms with Crippen molar-refractivity contribution in [1.82, 2.24) is 0 Å². The van der Waals surface area contributed by atoms with Gasteiger partial charge in [-0.1, -0.05) is 13.8 Å². The molecule has 168 valence electrons. The minimum absolute atomic E-state index is 0.0188. The molecule has 2 aliphatic heterocycles. The Labute approximate surface area is 183 Å². The van der Waals surface area contributed by atoms with Crippen LogP contribution >= 0.6 is 0 Å². The fourth-order valence-electron chi connectivity index (χ4n) is 4.37. The molecule has 0 fully saturated rings. The van der Waals surface area contributed by atoms with Gasteiger partial charge in [0, 0.05) is 30.4 Å². The minimum Gasteiger partial charge on any atom is -0.493 e. The van der Waals surface area contributed by atoms with Crippen LogP contribution in [0.15, 0.2) is 24.3 Å². The van der Waals surface area contributed by atoms with E-state index in [9.17, 15) is 0 Å². The Morgan fingerprint density at radius 3 is 2.16 bits per heavy atom. The van der Waals surface area contributed by atoms with Crippen LogP contribution in [-0.2, 0) is 4.74 Å². The molecule has 2 heterocycles. The lowest BCUT2D eigenvalue weighted by Gasteiger charge is -2.45. The summed E-state index contributed by atoms with van der Waals surface area (Å²) in [7, 11) is 4.84. The van der Waals surface area contributed by atoms with Crippen LogP contribution in [0.3, 0.4) is 0 Å². The van der Waals surface area contributed by atoms with Crippen molar-refractivity contribution in [3.05, 3.63) is 35.4 Å². The smallest absolute Gasteiger partial charge is 0.231 e. The molecule has 0 aliphatic carbocycles. The average Bonchev–Trinajstić information content (AvgIpc) is 3.23. The molecule has 7 heteroatoms. The third kappa shape index (κ3) is 3.61. The zero-order valence-corrected chi connectivity index (χ0v) is 18.9. The van der Waals surface area contributed by atoms with Gasteiger partial charge < -0.3 is 33.2 Å². The molecule has 7 nitrogen and oxygen atoms in total. The van der Waals surface area contributed by atoms with E-state index in [4.69, 9.17) is 33.2 Å². The summed E-state index contributed by atoms with van der Waals surface area (Å²) in [5.41, 5.74) is 2.01. The number of rotatable bonds is 7. The normalized spacial score (nSPS) is 23.7. The van der Waals surface area contributed by atoms with Crippen molar-refractivity contribution in [2.45, 2.75) is 38.9 Å². The van der Waals surface area contributed by atoms with Gasteiger partial charge in [0.25, 0.3) is 0 Å². The molecule has 2 aromatic carbocycles. The topological polar surface area (TPSA) is 64.6 Å². The first-order valence-electron chi connectivity index (χ1n) is 10.5. The van der Waals surface area contributed by atoms with Crippen molar-refractivity contribution >= 4 is 0 Å². The molecular formula is C24H30O7. The van der Waals surface area contributed by atoms with E-state index in [2.05, 4.69) is 13.8 Å². The zero-order valence-electron chi connectivity index (χ0n) is 18.9. The first-order chi connectivity index (χ1) is 15.0. The van der Waals surface area contributed by atoms with E-state index < -0.39 is 5.79 Å². The number of fused-ring (bicyclic) bond motifs is 2. The highest BCUT2D eigenvalue weighted by atomic mass is 16.7. The number of hydrogen-bond acceptors (Lipinski definition) is 7. The Kier molecular flexibility index (Phi) is 5.79. The van der Waals surface area contributed by atoms with Crippen LogP contribution in [-0.4, -0.2) is 40.5 Å². The van der Waals surface area contributed by atoms with Crippen LogP contribution in [0, 0.1) is 5.92 Å². The summed E-state index contributed by atoms with van der Waals surface area (Å²) in [6, 6.07) is 7.87. The van der Waals surface area contributed by atoms with Gasteiger partial charge in [0.15, 0.2) is 23.0 Å². The quantitative estimate of drug-likeness (QED) is 0.628. The van der Waals surface area contributed by atoms with Gasteiger partial charge in [0.2, 0.25) is 18.3 Å². The lowest BCUT2D eigenvalue weighted by Crippen LogP contribution is -2.48. The van der Waals surface area contributed by atoms with Crippen LogP contribution < -0.4 is 28.4 Å². The molecule has 0 bridgehead atoms. The molecule has 0 N–H and O–H groups in total. The van der Waals surface area contributed by atoms with Gasteiger partial charge in [-0.15, -0.1) is 0 Å². The van der Waals surface area contributed by atoms with Crippen molar-refractivity contribution in [3.8, 4) is 34.5 Å². The first-order valence-corrected chi connectivity index (χ1v) is 10.5. The third-order valence-electron chi connectivity index (χ3n) is 6.12. The van der Waals surface area contributed by atoms with Gasteiger partial charge in [-0.3, -0.25) is 0 Å². The molecule has 4 rings (SSSR count). The standard InChI is InChI=1S/C24H30O7/c1-7-8-30-24(3)14(2)22(15-9-20(25-4)23(27-6)21(10-15)26-5)16-11-18-19(29-13-28-18)12-17(16)31-24/h9-12,14,22H,7-8,13H2,1-6H3/t14-,22-,24-/m1/s1. The zero-order chi connectivity index (χ0) is 22.2. The van der Waals surface area contributed by atoms with Crippen LogP contribution in [0.5, 0.6) is 34.5 Å². The lowest BCUT2D eigenvalue weighted by molar-refractivity contribution is -0.211. The third-order valence-corrected chi connectivity index (χ3v) is 6.12. The van der Waals surface area contributed by atoms with E-state index in [1.54, 1.807) is 21.3 Å². The van der Waals surface area contributed by atoms with Crippen LogP contribution in [0.2, 0.25) is 0 Å². The SMILES string of the molecule is CCCO[C@]1(C)Oc2cc3c(cc2[C@@H](c2cc(OC)c(OC)c(OC)c2)[C@H]1C)OCO3. The van der Waals surface area contributed by atoms with Gasteiger partial charge in [0.1, 0.15) is 5.75 Å². The van der Waals surface area contributed by atoms with Crippen LogP contribution in [0.1, 0.15) is 44.2 Å². The lowest BCUT2D eigenvalue weighted by atomic mass is 9.75. The molecule has 0 amide bonds. The predicted molar refractivity (Wildman–Crippen MR) is 115 cm³/mol. The molecule has 0 saturated carbocycles. The maximum atomic E-state index is 6.42. The number of hydrogen-bond donors (Lipinski definition) is 0.